The minimum Gasteiger partial charge on any atom is -0.207 e. The van der Waals surface area contributed by atoms with Gasteiger partial charge in [-0.1, -0.05) is 23.2 Å². The highest BCUT2D eigenvalue weighted by molar-refractivity contribution is 8.13. The van der Waals surface area contributed by atoms with Gasteiger partial charge in [-0.3, -0.25) is 0 Å². The highest BCUT2D eigenvalue weighted by Crippen LogP contribution is 2.30. The molecule has 1 aromatic rings. The third kappa shape index (κ3) is 2.26. The Morgan fingerprint density at radius 1 is 1.23 bits per heavy atom. The van der Waals surface area contributed by atoms with Gasteiger partial charge in [0.15, 0.2) is 5.82 Å². The fraction of sp³-hybridized carbons (Fsp3) is 0. The number of halogens is 4. The summed E-state index contributed by atoms with van der Waals surface area (Å²) in [6, 6.07) is 2.11. The Balaban J connectivity index is 3.53. The van der Waals surface area contributed by atoms with E-state index in [1.54, 1.807) is 0 Å². The smallest absolute Gasteiger partial charge is 0.207 e. The van der Waals surface area contributed by atoms with Gasteiger partial charge in [-0.15, -0.1) is 0 Å². The van der Waals surface area contributed by atoms with Crippen LogP contribution in [0.2, 0.25) is 10.0 Å². The topological polar surface area (TPSA) is 34.1 Å². The lowest BCUT2D eigenvalue weighted by Gasteiger charge is -2.01. The summed E-state index contributed by atoms with van der Waals surface area (Å²) in [5.74, 6) is -1.14. The van der Waals surface area contributed by atoms with E-state index in [0.717, 1.165) is 12.1 Å². The minimum absolute atomic E-state index is 0.0665. The van der Waals surface area contributed by atoms with Crippen molar-refractivity contribution in [3.05, 3.63) is 28.0 Å². The van der Waals surface area contributed by atoms with Crippen LogP contribution in [0.4, 0.5) is 4.39 Å². The third-order valence-corrected chi connectivity index (χ3v) is 3.38. The zero-order valence-corrected chi connectivity index (χ0v) is 8.98. The first kappa shape index (κ1) is 11.0. The summed E-state index contributed by atoms with van der Waals surface area (Å²) in [6.07, 6.45) is 0. The summed E-state index contributed by atoms with van der Waals surface area (Å²) in [7, 11) is 0.800. The summed E-state index contributed by atoms with van der Waals surface area (Å²) < 4.78 is 34.6. The maximum absolute atomic E-state index is 13.1. The van der Waals surface area contributed by atoms with Crippen molar-refractivity contribution in [3.8, 4) is 0 Å². The predicted molar refractivity (Wildman–Crippen MR) is 49.5 cm³/mol. The molecule has 0 bridgehead atoms. The summed E-state index contributed by atoms with van der Waals surface area (Å²) >= 11 is 10.8. The minimum atomic E-state index is -4.12. The monoisotopic (exact) mass is 262 g/mol. The molecule has 0 heterocycles. The predicted octanol–water partition coefficient (Wildman–Crippen LogP) is 3.06. The van der Waals surface area contributed by atoms with E-state index in [0.29, 0.717) is 0 Å². The van der Waals surface area contributed by atoms with Crippen molar-refractivity contribution in [3.63, 3.8) is 0 Å². The Labute approximate surface area is 88.6 Å². The molecular formula is C6H2Cl3FO2S. The van der Waals surface area contributed by atoms with Gasteiger partial charge in [-0.25, -0.2) is 12.8 Å². The number of hydrogen-bond acceptors (Lipinski definition) is 2. The van der Waals surface area contributed by atoms with Gasteiger partial charge in [-0.2, -0.15) is 0 Å². The maximum atomic E-state index is 13.1. The summed E-state index contributed by atoms with van der Waals surface area (Å²) in [6.45, 7) is 0. The molecule has 0 radical (unpaired) electrons. The van der Waals surface area contributed by atoms with E-state index in [2.05, 4.69) is 0 Å². The molecule has 2 nitrogen and oxygen atoms in total. The van der Waals surface area contributed by atoms with Gasteiger partial charge in [0.2, 0.25) is 0 Å². The number of hydrogen-bond donors (Lipinski definition) is 0. The zero-order valence-electron chi connectivity index (χ0n) is 5.89. The zero-order chi connectivity index (χ0) is 10.2. The second-order valence-electron chi connectivity index (χ2n) is 2.11. The van der Waals surface area contributed by atoms with Crippen LogP contribution in [0, 0.1) is 5.82 Å². The molecule has 1 aromatic carbocycles. The van der Waals surface area contributed by atoms with Crippen molar-refractivity contribution >= 4 is 42.9 Å². The SMILES string of the molecule is O=S(=O)(Cl)c1ccc(Cl)c(Cl)c1F. The van der Waals surface area contributed by atoms with Crippen LogP contribution in [0.3, 0.4) is 0 Å². The van der Waals surface area contributed by atoms with Crippen molar-refractivity contribution in [1.82, 2.24) is 0 Å². The molecule has 1 rings (SSSR count). The Hall–Kier alpha value is -0.0300. The molecule has 0 atom stereocenters. The molecule has 0 unspecified atom stereocenters. The molecule has 0 aliphatic carbocycles. The standard InChI is InChI=1S/C6H2Cl3FO2S/c7-3-1-2-4(13(9,11)12)6(10)5(3)8/h1-2H. The van der Waals surface area contributed by atoms with E-state index in [1.807, 2.05) is 0 Å². The lowest BCUT2D eigenvalue weighted by atomic mass is 10.3. The van der Waals surface area contributed by atoms with E-state index in [-0.39, 0.29) is 5.02 Å². The number of benzene rings is 1. The molecule has 72 valence electrons. The fourth-order valence-corrected chi connectivity index (χ4v) is 1.97. The Morgan fingerprint density at radius 2 is 1.77 bits per heavy atom. The molecule has 0 aromatic heterocycles. The first-order chi connectivity index (χ1) is 5.84. The van der Waals surface area contributed by atoms with Crippen molar-refractivity contribution in [2.75, 3.05) is 0 Å². The summed E-state index contributed by atoms with van der Waals surface area (Å²) in [5.41, 5.74) is 0. The van der Waals surface area contributed by atoms with Crippen LogP contribution >= 0.6 is 33.9 Å². The highest BCUT2D eigenvalue weighted by Gasteiger charge is 2.19. The van der Waals surface area contributed by atoms with Crippen LogP contribution < -0.4 is 0 Å². The molecule has 0 aliphatic heterocycles. The van der Waals surface area contributed by atoms with Crippen LogP contribution in [0.5, 0.6) is 0 Å². The second-order valence-corrected chi connectivity index (χ2v) is 5.43. The maximum Gasteiger partial charge on any atom is 0.264 e. The average Bonchev–Trinajstić information content (AvgIpc) is 1.98. The highest BCUT2D eigenvalue weighted by atomic mass is 35.7. The first-order valence-corrected chi connectivity index (χ1v) is 5.98. The van der Waals surface area contributed by atoms with Gasteiger partial charge in [0.1, 0.15) is 4.90 Å². The Bertz CT molecular complexity index is 443. The average molecular weight is 264 g/mol. The van der Waals surface area contributed by atoms with Crippen LogP contribution in [0.15, 0.2) is 17.0 Å². The third-order valence-electron chi connectivity index (χ3n) is 1.26. The van der Waals surface area contributed by atoms with Gasteiger partial charge < -0.3 is 0 Å². The van der Waals surface area contributed by atoms with E-state index in [1.165, 1.54) is 0 Å². The van der Waals surface area contributed by atoms with Crippen molar-refractivity contribution in [2.24, 2.45) is 0 Å². The Morgan fingerprint density at radius 3 is 2.23 bits per heavy atom. The Kier molecular flexibility index (Phi) is 3.07. The molecule has 7 heteroatoms. The first-order valence-electron chi connectivity index (χ1n) is 2.92. The molecule has 0 amide bonds. The van der Waals surface area contributed by atoms with Crippen molar-refractivity contribution in [1.29, 1.82) is 0 Å². The van der Waals surface area contributed by atoms with Gasteiger partial charge in [0.25, 0.3) is 9.05 Å². The quantitative estimate of drug-likeness (QED) is 0.576. The summed E-state index contributed by atoms with van der Waals surface area (Å²) in [5, 5.41) is -0.522. The van der Waals surface area contributed by atoms with Gasteiger partial charge in [-0.05, 0) is 12.1 Å². The molecule has 13 heavy (non-hydrogen) atoms. The lowest BCUT2D eigenvalue weighted by molar-refractivity contribution is 0.576. The fourth-order valence-electron chi connectivity index (χ4n) is 0.696. The number of rotatable bonds is 1. The largest absolute Gasteiger partial charge is 0.264 e. The normalized spacial score (nSPS) is 11.7. The van der Waals surface area contributed by atoms with E-state index in [4.69, 9.17) is 33.9 Å². The van der Waals surface area contributed by atoms with E-state index in [9.17, 15) is 12.8 Å². The summed E-state index contributed by atoms with van der Waals surface area (Å²) in [4.78, 5) is -0.677. The van der Waals surface area contributed by atoms with Crippen LogP contribution in [-0.2, 0) is 9.05 Å². The lowest BCUT2D eigenvalue weighted by Crippen LogP contribution is -1.95. The second kappa shape index (κ2) is 3.61. The molecule has 0 fully saturated rings. The van der Waals surface area contributed by atoms with Gasteiger partial charge >= 0.3 is 0 Å². The van der Waals surface area contributed by atoms with E-state index < -0.39 is 24.8 Å². The molecule has 0 N–H and O–H groups in total. The molecule has 0 spiro atoms. The van der Waals surface area contributed by atoms with E-state index >= 15 is 0 Å². The molecule has 0 saturated heterocycles. The van der Waals surface area contributed by atoms with Crippen molar-refractivity contribution in [2.45, 2.75) is 4.90 Å². The molecule has 0 aliphatic rings. The molecular weight excluding hydrogens is 261 g/mol. The van der Waals surface area contributed by atoms with Crippen LogP contribution in [0.25, 0.3) is 0 Å². The van der Waals surface area contributed by atoms with Crippen LogP contribution in [0.1, 0.15) is 0 Å². The van der Waals surface area contributed by atoms with Crippen LogP contribution in [-0.4, -0.2) is 8.42 Å². The van der Waals surface area contributed by atoms with Gasteiger partial charge in [0, 0.05) is 10.7 Å². The molecule has 0 saturated carbocycles. The van der Waals surface area contributed by atoms with Gasteiger partial charge in [0.05, 0.1) is 10.0 Å². The van der Waals surface area contributed by atoms with Crippen molar-refractivity contribution < 1.29 is 12.8 Å².